The van der Waals surface area contributed by atoms with Crippen LogP contribution in [-0.2, 0) is 13.6 Å². The van der Waals surface area contributed by atoms with Crippen molar-refractivity contribution >= 4 is 21.8 Å². The Morgan fingerprint density at radius 3 is 2.78 bits per heavy atom. The van der Waals surface area contributed by atoms with Gasteiger partial charge in [0.15, 0.2) is 10.4 Å². The van der Waals surface area contributed by atoms with Gasteiger partial charge < -0.3 is 9.73 Å². The summed E-state index contributed by atoms with van der Waals surface area (Å²) < 4.78 is 7.62. The number of carbonyl (C=O) groups excluding carboxylic acids is 1. The summed E-state index contributed by atoms with van der Waals surface area (Å²) in [6, 6.07) is 1.77. The minimum absolute atomic E-state index is 0.221. The van der Waals surface area contributed by atoms with E-state index in [0.717, 1.165) is 16.8 Å². The lowest BCUT2D eigenvalue weighted by Crippen LogP contribution is -2.23. The maximum atomic E-state index is 11.9. The van der Waals surface area contributed by atoms with Crippen LogP contribution in [0.2, 0.25) is 0 Å². The van der Waals surface area contributed by atoms with Crippen LogP contribution in [0.15, 0.2) is 21.3 Å². The van der Waals surface area contributed by atoms with Crippen molar-refractivity contribution in [2.45, 2.75) is 20.4 Å². The number of halogens is 1. The number of aryl methyl sites for hydroxylation is 2. The fourth-order valence-corrected chi connectivity index (χ4v) is 2.15. The smallest absolute Gasteiger partial charge is 0.287 e. The maximum Gasteiger partial charge on any atom is 0.287 e. The van der Waals surface area contributed by atoms with Gasteiger partial charge in [0.05, 0.1) is 6.20 Å². The second-order valence-corrected chi connectivity index (χ2v) is 4.91. The molecule has 2 rings (SSSR count). The van der Waals surface area contributed by atoms with E-state index >= 15 is 0 Å². The second-order valence-electron chi connectivity index (χ2n) is 4.12. The van der Waals surface area contributed by atoms with Crippen molar-refractivity contribution < 1.29 is 9.21 Å². The van der Waals surface area contributed by atoms with Crippen LogP contribution >= 0.6 is 15.9 Å². The van der Waals surface area contributed by atoms with E-state index in [4.69, 9.17) is 4.42 Å². The van der Waals surface area contributed by atoms with Crippen molar-refractivity contribution in [2.75, 3.05) is 0 Å². The van der Waals surface area contributed by atoms with Gasteiger partial charge in [-0.2, -0.15) is 5.10 Å². The zero-order valence-corrected chi connectivity index (χ0v) is 12.0. The Balaban J connectivity index is 2.05. The molecule has 1 amide bonds. The van der Waals surface area contributed by atoms with E-state index in [2.05, 4.69) is 26.3 Å². The molecule has 2 aromatic rings. The number of carbonyl (C=O) groups is 1. The van der Waals surface area contributed by atoms with Gasteiger partial charge in [-0.1, -0.05) is 0 Å². The Hall–Kier alpha value is -1.56. The lowest BCUT2D eigenvalue weighted by molar-refractivity contribution is 0.0921. The number of hydrogen-bond acceptors (Lipinski definition) is 3. The summed E-state index contributed by atoms with van der Waals surface area (Å²) in [4.78, 5) is 11.9. The fourth-order valence-electron chi connectivity index (χ4n) is 1.64. The van der Waals surface area contributed by atoms with Crippen molar-refractivity contribution in [3.05, 3.63) is 39.5 Å². The van der Waals surface area contributed by atoms with Crippen molar-refractivity contribution in [1.29, 1.82) is 0 Å². The number of nitrogens with zero attached hydrogens (tertiary/aromatic N) is 2. The number of furan rings is 1. The molecule has 0 fully saturated rings. The molecule has 0 aliphatic heterocycles. The van der Waals surface area contributed by atoms with Crippen molar-refractivity contribution in [3.8, 4) is 0 Å². The zero-order chi connectivity index (χ0) is 13.3. The van der Waals surface area contributed by atoms with E-state index in [0.29, 0.717) is 17.0 Å². The predicted molar refractivity (Wildman–Crippen MR) is 70.3 cm³/mol. The molecule has 0 aliphatic carbocycles. The van der Waals surface area contributed by atoms with Crippen LogP contribution in [0.1, 0.15) is 27.4 Å². The van der Waals surface area contributed by atoms with Crippen LogP contribution in [0.4, 0.5) is 0 Å². The molecular weight excluding hydrogens is 298 g/mol. The Labute approximate surface area is 113 Å². The van der Waals surface area contributed by atoms with Gasteiger partial charge in [-0.3, -0.25) is 9.48 Å². The monoisotopic (exact) mass is 311 g/mol. The molecule has 0 saturated heterocycles. The number of nitrogens with one attached hydrogen (secondary N) is 1. The molecule has 18 heavy (non-hydrogen) atoms. The highest BCUT2D eigenvalue weighted by atomic mass is 79.9. The second kappa shape index (κ2) is 4.97. The molecule has 0 saturated carbocycles. The first-order valence-electron chi connectivity index (χ1n) is 5.50. The van der Waals surface area contributed by atoms with Crippen LogP contribution in [0, 0.1) is 13.8 Å². The minimum Gasteiger partial charge on any atom is -0.444 e. The molecule has 96 valence electrons. The van der Waals surface area contributed by atoms with Gasteiger partial charge in [0.1, 0.15) is 0 Å². The van der Waals surface area contributed by atoms with Gasteiger partial charge in [0.2, 0.25) is 0 Å². The first-order valence-corrected chi connectivity index (χ1v) is 6.30. The van der Waals surface area contributed by atoms with Crippen LogP contribution in [0.3, 0.4) is 0 Å². The van der Waals surface area contributed by atoms with E-state index in [9.17, 15) is 4.79 Å². The summed E-state index contributed by atoms with van der Waals surface area (Å²) in [5.74, 6) is 0.116. The van der Waals surface area contributed by atoms with Gasteiger partial charge >= 0.3 is 0 Å². The van der Waals surface area contributed by atoms with Crippen molar-refractivity contribution in [2.24, 2.45) is 7.05 Å². The van der Waals surface area contributed by atoms with E-state index < -0.39 is 0 Å². The molecule has 0 atom stereocenters. The summed E-state index contributed by atoms with van der Waals surface area (Å²) in [6.45, 7) is 4.23. The van der Waals surface area contributed by atoms with Crippen LogP contribution in [0.5, 0.6) is 0 Å². The molecule has 2 aromatic heterocycles. The van der Waals surface area contributed by atoms with Gasteiger partial charge in [-0.15, -0.1) is 0 Å². The Morgan fingerprint density at radius 2 is 2.28 bits per heavy atom. The molecule has 1 N–H and O–H groups in total. The van der Waals surface area contributed by atoms with Gasteiger partial charge in [-0.05, 0) is 35.8 Å². The fraction of sp³-hybridized carbons (Fsp3) is 0.333. The first kappa shape index (κ1) is 12.9. The average molecular weight is 312 g/mol. The standard InChI is InChI=1S/C12H14BrN3O2/c1-7-4-10(13)18-11(7)12(17)14-5-9-6-15-16(3)8(9)2/h4,6H,5H2,1-3H3,(H,14,17). The molecule has 2 heterocycles. The molecule has 5 nitrogen and oxygen atoms in total. The van der Waals surface area contributed by atoms with Crippen LogP contribution in [0.25, 0.3) is 0 Å². The van der Waals surface area contributed by atoms with Crippen LogP contribution < -0.4 is 5.32 Å². The first-order chi connectivity index (χ1) is 8.49. The highest BCUT2D eigenvalue weighted by Crippen LogP contribution is 2.19. The summed E-state index contributed by atoms with van der Waals surface area (Å²) >= 11 is 3.20. The molecule has 0 aromatic carbocycles. The third-order valence-electron chi connectivity index (χ3n) is 2.87. The Bertz CT molecular complexity index is 586. The molecule has 0 radical (unpaired) electrons. The van der Waals surface area contributed by atoms with E-state index in [1.54, 1.807) is 16.9 Å². The topological polar surface area (TPSA) is 60.1 Å². The highest BCUT2D eigenvalue weighted by Gasteiger charge is 2.15. The lowest BCUT2D eigenvalue weighted by Gasteiger charge is -2.03. The quantitative estimate of drug-likeness (QED) is 0.946. The Morgan fingerprint density at radius 1 is 1.56 bits per heavy atom. The molecule has 0 unspecified atom stereocenters. The molecule has 0 aliphatic rings. The normalized spacial score (nSPS) is 10.7. The van der Waals surface area contributed by atoms with E-state index in [1.165, 1.54) is 0 Å². The van der Waals surface area contributed by atoms with E-state index in [1.807, 2.05) is 20.9 Å². The maximum absolute atomic E-state index is 11.9. The SMILES string of the molecule is Cc1cc(Br)oc1C(=O)NCc1cnn(C)c1C. The van der Waals surface area contributed by atoms with E-state index in [-0.39, 0.29) is 5.91 Å². The highest BCUT2D eigenvalue weighted by molar-refractivity contribution is 9.10. The zero-order valence-electron chi connectivity index (χ0n) is 10.5. The molecule has 6 heteroatoms. The summed E-state index contributed by atoms with van der Waals surface area (Å²) in [6.07, 6.45) is 1.75. The third kappa shape index (κ3) is 2.48. The number of amides is 1. The van der Waals surface area contributed by atoms with Crippen molar-refractivity contribution in [3.63, 3.8) is 0 Å². The summed E-state index contributed by atoms with van der Waals surface area (Å²) in [5.41, 5.74) is 2.84. The molecule has 0 bridgehead atoms. The van der Waals surface area contributed by atoms with Crippen LogP contribution in [-0.4, -0.2) is 15.7 Å². The third-order valence-corrected chi connectivity index (χ3v) is 3.26. The summed E-state index contributed by atoms with van der Waals surface area (Å²) in [5, 5.41) is 6.94. The van der Waals surface area contributed by atoms with Gasteiger partial charge in [0.25, 0.3) is 5.91 Å². The Kier molecular flexibility index (Phi) is 3.56. The lowest BCUT2D eigenvalue weighted by atomic mass is 10.2. The number of hydrogen-bond donors (Lipinski definition) is 1. The largest absolute Gasteiger partial charge is 0.444 e. The summed E-state index contributed by atoms with van der Waals surface area (Å²) in [7, 11) is 1.87. The minimum atomic E-state index is -0.221. The average Bonchev–Trinajstić information content (AvgIpc) is 2.81. The predicted octanol–water partition coefficient (Wildman–Crippen LogP) is 2.32. The number of aromatic nitrogens is 2. The molecule has 0 spiro atoms. The van der Waals surface area contributed by atoms with Crippen molar-refractivity contribution in [1.82, 2.24) is 15.1 Å². The van der Waals surface area contributed by atoms with Gasteiger partial charge in [-0.25, -0.2) is 0 Å². The number of rotatable bonds is 3. The van der Waals surface area contributed by atoms with Gasteiger partial charge in [0, 0.05) is 30.4 Å². The molecular formula is C12H14BrN3O2.